The van der Waals surface area contributed by atoms with Crippen LogP contribution in [0.2, 0.25) is 0 Å². The van der Waals surface area contributed by atoms with Crippen molar-refractivity contribution in [3.8, 4) is 0 Å². The van der Waals surface area contributed by atoms with Gasteiger partial charge >= 0.3 is 11.9 Å². The lowest BCUT2D eigenvalue weighted by atomic mass is 9.70. The average Bonchev–Trinajstić information content (AvgIpc) is 2.81. The Bertz CT molecular complexity index is 908. The van der Waals surface area contributed by atoms with Crippen molar-refractivity contribution >= 4 is 11.9 Å². The molecule has 0 aliphatic carbocycles. The standard InChI is InChI=1S/C27H37NO4/c1-20(2)27(3,24-13-8-12-23(19-24)26(30)32-6)15-9-16-28(4)17-14-21-10-7-11-22(18-21)25(29)31-5/h7-8,10-13,18-20H,9,14-17H2,1-6H3. The third-order valence-corrected chi connectivity index (χ3v) is 6.58. The van der Waals surface area contributed by atoms with Crippen LogP contribution in [0.5, 0.6) is 0 Å². The fourth-order valence-electron chi connectivity index (χ4n) is 4.01. The van der Waals surface area contributed by atoms with Gasteiger partial charge < -0.3 is 14.4 Å². The molecule has 0 radical (unpaired) electrons. The molecule has 5 nitrogen and oxygen atoms in total. The smallest absolute Gasteiger partial charge is 0.337 e. The number of methoxy groups -OCH3 is 2. The molecule has 0 aromatic heterocycles. The highest BCUT2D eigenvalue weighted by molar-refractivity contribution is 5.90. The van der Waals surface area contributed by atoms with E-state index in [9.17, 15) is 9.59 Å². The maximum Gasteiger partial charge on any atom is 0.337 e. The number of ether oxygens (including phenoxy) is 2. The summed E-state index contributed by atoms with van der Waals surface area (Å²) in [6.45, 7) is 8.66. The Hall–Kier alpha value is -2.66. The lowest BCUT2D eigenvalue weighted by Gasteiger charge is -2.35. The number of hydrogen-bond acceptors (Lipinski definition) is 5. The van der Waals surface area contributed by atoms with E-state index in [0.29, 0.717) is 17.0 Å². The van der Waals surface area contributed by atoms with Crippen molar-refractivity contribution in [2.75, 3.05) is 34.4 Å². The molecule has 32 heavy (non-hydrogen) atoms. The number of hydrogen-bond donors (Lipinski definition) is 0. The van der Waals surface area contributed by atoms with E-state index in [-0.39, 0.29) is 17.4 Å². The van der Waals surface area contributed by atoms with E-state index in [1.165, 1.54) is 19.8 Å². The van der Waals surface area contributed by atoms with Gasteiger partial charge in [-0.2, -0.15) is 0 Å². The Kier molecular flexibility index (Phi) is 9.45. The fraction of sp³-hybridized carbons (Fsp3) is 0.481. The normalized spacial score (nSPS) is 13.1. The van der Waals surface area contributed by atoms with Crippen LogP contribution in [0.4, 0.5) is 0 Å². The molecule has 0 heterocycles. The van der Waals surface area contributed by atoms with Crippen molar-refractivity contribution in [3.05, 3.63) is 70.8 Å². The van der Waals surface area contributed by atoms with Gasteiger partial charge in [0.15, 0.2) is 0 Å². The van der Waals surface area contributed by atoms with E-state index in [4.69, 9.17) is 9.47 Å². The minimum Gasteiger partial charge on any atom is -0.465 e. The summed E-state index contributed by atoms with van der Waals surface area (Å²) in [5, 5.41) is 0. The van der Waals surface area contributed by atoms with E-state index in [0.717, 1.165) is 37.9 Å². The van der Waals surface area contributed by atoms with Gasteiger partial charge in [0, 0.05) is 6.54 Å². The topological polar surface area (TPSA) is 55.8 Å². The molecule has 0 saturated heterocycles. The Morgan fingerprint density at radius 3 is 2.12 bits per heavy atom. The van der Waals surface area contributed by atoms with Crippen LogP contribution in [0.1, 0.15) is 65.5 Å². The van der Waals surface area contributed by atoms with Crippen LogP contribution in [0.3, 0.4) is 0 Å². The molecule has 2 aromatic rings. The summed E-state index contributed by atoms with van der Waals surface area (Å²) in [6.07, 6.45) is 2.96. The molecular formula is C27H37NO4. The van der Waals surface area contributed by atoms with Crippen LogP contribution >= 0.6 is 0 Å². The maximum absolute atomic E-state index is 12.0. The van der Waals surface area contributed by atoms with Crippen LogP contribution in [0, 0.1) is 5.92 Å². The van der Waals surface area contributed by atoms with Crippen molar-refractivity contribution in [2.45, 2.75) is 45.4 Å². The molecule has 0 spiro atoms. The number of carbonyl (C=O) groups excluding carboxylic acids is 2. The van der Waals surface area contributed by atoms with Crippen LogP contribution in [-0.2, 0) is 21.3 Å². The third kappa shape index (κ3) is 6.67. The summed E-state index contributed by atoms with van der Waals surface area (Å²) in [4.78, 5) is 26.0. The molecule has 2 aromatic carbocycles. The highest BCUT2D eigenvalue weighted by Gasteiger charge is 2.30. The fourth-order valence-corrected chi connectivity index (χ4v) is 4.01. The molecule has 1 unspecified atom stereocenters. The first-order valence-electron chi connectivity index (χ1n) is 11.3. The Labute approximate surface area is 192 Å². The highest BCUT2D eigenvalue weighted by atomic mass is 16.5. The van der Waals surface area contributed by atoms with E-state index in [1.807, 2.05) is 30.3 Å². The molecule has 174 valence electrons. The predicted octanol–water partition coefficient (Wildman–Crippen LogP) is 5.13. The van der Waals surface area contributed by atoms with Gasteiger partial charge in [-0.25, -0.2) is 9.59 Å². The highest BCUT2D eigenvalue weighted by Crippen LogP contribution is 2.37. The first-order chi connectivity index (χ1) is 15.2. The molecule has 0 aliphatic heterocycles. The lowest BCUT2D eigenvalue weighted by Crippen LogP contribution is -2.31. The zero-order valence-electron chi connectivity index (χ0n) is 20.3. The molecule has 5 heteroatoms. The number of nitrogens with zero attached hydrogens (tertiary/aromatic N) is 1. The number of benzene rings is 2. The summed E-state index contributed by atoms with van der Waals surface area (Å²) in [6, 6.07) is 15.5. The van der Waals surface area contributed by atoms with Gasteiger partial charge in [-0.3, -0.25) is 0 Å². The molecule has 0 bridgehead atoms. The molecule has 0 aliphatic rings. The van der Waals surface area contributed by atoms with Crippen molar-refractivity contribution in [1.82, 2.24) is 4.90 Å². The van der Waals surface area contributed by atoms with E-state index < -0.39 is 0 Å². The van der Waals surface area contributed by atoms with Gasteiger partial charge in [-0.15, -0.1) is 0 Å². The average molecular weight is 440 g/mol. The van der Waals surface area contributed by atoms with Gasteiger partial charge in [0.05, 0.1) is 25.3 Å². The first-order valence-corrected chi connectivity index (χ1v) is 11.3. The molecule has 2 rings (SSSR count). The van der Waals surface area contributed by atoms with E-state index in [2.05, 4.69) is 38.8 Å². The number of esters is 2. The summed E-state index contributed by atoms with van der Waals surface area (Å²) < 4.78 is 9.71. The minimum absolute atomic E-state index is 0.0281. The van der Waals surface area contributed by atoms with Crippen molar-refractivity contribution in [2.24, 2.45) is 5.92 Å². The molecular weight excluding hydrogens is 402 g/mol. The van der Waals surface area contributed by atoms with E-state index >= 15 is 0 Å². The predicted molar refractivity (Wildman–Crippen MR) is 128 cm³/mol. The lowest BCUT2D eigenvalue weighted by molar-refractivity contribution is 0.0591. The second-order valence-corrected chi connectivity index (χ2v) is 8.99. The van der Waals surface area contributed by atoms with Gasteiger partial charge in [-0.05, 0) is 79.6 Å². The molecule has 0 amide bonds. The Morgan fingerprint density at radius 2 is 1.53 bits per heavy atom. The number of rotatable bonds is 11. The first kappa shape index (κ1) is 25.6. The van der Waals surface area contributed by atoms with Gasteiger partial charge in [0.1, 0.15) is 0 Å². The number of carbonyl (C=O) groups is 2. The quantitative estimate of drug-likeness (QED) is 0.455. The van der Waals surface area contributed by atoms with E-state index in [1.54, 1.807) is 12.1 Å². The van der Waals surface area contributed by atoms with Gasteiger partial charge in [0.25, 0.3) is 0 Å². The summed E-state index contributed by atoms with van der Waals surface area (Å²) in [7, 11) is 4.95. The minimum atomic E-state index is -0.301. The monoisotopic (exact) mass is 439 g/mol. The summed E-state index contributed by atoms with van der Waals surface area (Å²) in [5.41, 5.74) is 3.47. The third-order valence-electron chi connectivity index (χ3n) is 6.58. The Balaban J connectivity index is 1.95. The summed E-state index contributed by atoms with van der Waals surface area (Å²) in [5.74, 6) is -0.167. The SMILES string of the molecule is COC(=O)c1cccc(CCN(C)CCCC(C)(c2cccc(C(=O)OC)c2)C(C)C)c1. The van der Waals surface area contributed by atoms with Gasteiger partial charge in [-0.1, -0.05) is 45.0 Å². The second kappa shape index (κ2) is 11.8. The molecule has 0 saturated carbocycles. The largest absolute Gasteiger partial charge is 0.465 e. The molecule has 0 fully saturated rings. The molecule has 1 atom stereocenters. The molecule has 0 N–H and O–H groups in total. The number of likely N-dealkylation sites (N-methyl/N-ethyl adjacent to an activating group) is 1. The van der Waals surface area contributed by atoms with Crippen LogP contribution in [0.15, 0.2) is 48.5 Å². The zero-order chi connectivity index (χ0) is 23.7. The van der Waals surface area contributed by atoms with Crippen LogP contribution in [0.25, 0.3) is 0 Å². The zero-order valence-corrected chi connectivity index (χ0v) is 20.3. The maximum atomic E-state index is 12.0. The van der Waals surface area contributed by atoms with Crippen LogP contribution < -0.4 is 0 Å². The van der Waals surface area contributed by atoms with Crippen molar-refractivity contribution in [3.63, 3.8) is 0 Å². The van der Waals surface area contributed by atoms with Gasteiger partial charge in [0.2, 0.25) is 0 Å². The van der Waals surface area contributed by atoms with Crippen molar-refractivity contribution < 1.29 is 19.1 Å². The van der Waals surface area contributed by atoms with Crippen molar-refractivity contribution in [1.29, 1.82) is 0 Å². The van der Waals surface area contributed by atoms with Crippen LogP contribution in [-0.4, -0.2) is 51.2 Å². The summed E-state index contributed by atoms with van der Waals surface area (Å²) >= 11 is 0. The second-order valence-electron chi connectivity index (χ2n) is 8.99. The Morgan fingerprint density at radius 1 is 0.938 bits per heavy atom.